The lowest BCUT2D eigenvalue weighted by molar-refractivity contribution is 0.507. The number of nitrogens with two attached hydrogens (primary N) is 1. The van der Waals surface area contributed by atoms with Gasteiger partial charge in [-0.1, -0.05) is 12.1 Å². The Morgan fingerprint density at radius 1 is 1.33 bits per heavy atom. The molecule has 1 aliphatic heterocycles. The molecule has 0 saturated carbocycles. The molecule has 1 aliphatic rings. The smallest absolute Gasteiger partial charge is 0.238 e. The van der Waals surface area contributed by atoms with Crippen LogP contribution in [0.3, 0.4) is 0 Å². The lowest BCUT2D eigenvalue weighted by atomic mass is 10.1. The molecule has 1 aromatic carbocycles. The lowest BCUT2D eigenvalue weighted by Crippen LogP contribution is -2.33. The number of thioether (sulfide) groups is 1. The zero-order valence-electron chi connectivity index (χ0n) is 10.1. The van der Waals surface area contributed by atoms with Crippen molar-refractivity contribution < 1.29 is 8.42 Å². The topological polar surface area (TPSA) is 72.2 Å². The van der Waals surface area contributed by atoms with Crippen LogP contribution >= 0.6 is 11.8 Å². The molecule has 1 atom stereocenters. The predicted molar refractivity (Wildman–Crippen MR) is 75.0 cm³/mol. The molecule has 0 aliphatic carbocycles. The van der Waals surface area contributed by atoms with Crippen LogP contribution < -0.4 is 10.5 Å². The van der Waals surface area contributed by atoms with Crippen molar-refractivity contribution in [2.24, 2.45) is 5.14 Å². The molecule has 0 radical (unpaired) electrons. The largest absolute Gasteiger partial charge is 0.309 e. The fourth-order valence-electron chi connectivity index (χ4n) is 1.96. The van der Waals surface area contributed by atoms with Gasteiger partial charge >= 0.3 is 0 Å². The average Bonchev–Trinajstić information content (AvgIpc) is 2.37. The van der Waals surface area contributed by atoms with E-state index in [1.807, 2.05) is 23.9 Å². The third-order valence-corrected chi connectivity index (χ3v) is 5.15. The fraction of sp³-hybridized carbons (Fsp3) is 0.500. The normalized spacial score (nSPS) is 20.8. The predicted octanol–water partition coefficient (Wildman–Crippen LogP) is 1.32. The zero-order valence-corrected chi connectivity index (χ0v) is 11.8. The first-order chi connectivity index (χ1) is 8.55. The molecule has 2 rings (SSSR count). The number of nitrogens with one attached hydrogen (secondary N) is 1. The highest BCUT2D eigenvalue weighted by molar-refractivity contribution is 7.99. The van der Waals surface area contributed by atoms with Gasteiger partial charge in [-0.15, -0.1) is 0 Å². The minimum absolute atomic E-state index is 0.166. The standard InChI is InChI=1S/C12H18N2O2S2/c13-18(15,16)12-5-3-10(4-6-12)8-14-11-2-1-7-17-9-11/h3-6,11,14H,1-2,7-9H2,(H2,13,15,16). The number of hydrogen-bond donors (Lipinski definition) is 2. The lowest BCUT2D eigenvalue weighted by Gasteiger charge is -2.22. The van der Waals surface area contributed by atoms with E-state index in [1.165, 1.54) is 18.6 Å². The molecule has 1 aromatic rings. The SMILES string of the molecule is NS(=O)(=O)c1ccc(CNC2CCCSC2)cc1. The van der Waals surface area contributed by atoms with Gasteiger partial charge in [0.15, 0.2) is 0 Å². The van der Waals surface area contributed by atoms with Gasteiger partial charge in [0.2, 0.25) is 10.0 Å². The van der Waals surface area contributed by atoms with Gasteiger partial charge in [-0.3, -0.25) is 0 Å². The molecule has 0 aromatic heterocycles. The van der Waals surface area contributed by atoms with E-state index in [9.17, 15) is 8.42 Å². The summed E-state index contributed by atoms with van der Waals surface area (Å²) in [6.07, 6.45) is 2.49. The highest BCUT2D eigenvalue weighted by Crippen LogP contribution is 2.17. The highest BCUT2D eigenvalue weighted by Gasteiger charge is 2.13. The Morgan fingerprint density at radius 3 is 2.61 bits per heavy atom. The van der Waals surface area contributed by atoms with E-state index in [-0.39, 0.29) is 4.90 Å². The molecule has 100 valence electrons. The van der Waals surface area contributed by atoms with Crippen molar-refractivity contribution in [1.82, 2.24) is 5.32 Å². The van der Waals surface area contributed by atoms with Crippen molar-refractivity contribution in [3.8, 4) is 0 Å². The van der Waals surface area contributed by atoms with Crippen LogP contribution in [0.2, 0.25) is 0 Å². The first kappa shape index (κ1) is 13.9. The second-order valence-electron chi connectivity index (χ2n) is 4.48. The van der Waals surface area contributed by atoms with E-state index in [4.69, 9.17) is 5.14 Å². The van der Waals surface area contributed by atoms with Gasteiger partial charge in [-0.25, -0.2) is 13.6 Å². The van der Waals surface area contributed by atoms with E-state index in [1.54, 1.807) is 12.1 Å². The minimum atomic E-state index is -3.58. The van der Waals surface area contributed by atoms with E-state index >= 15 is 0 Å². The van der Waals surface area contributed by atoms with Crippen LogP contribution in [0.1, 0.15) is 18.4 Å². The summed E-state index contributed by atoms with van der Waals surface area (Å²) in [5.41, 5.74) is 1.08. The fourth-order valence-corrected chi connectivity index (χ4v) is 3.58. The van der Waals surface area contributed by atoms with Crippen molar-refractivity contribution in [3.63, 3.8) is 0 Å². The number of sulfonamides is 1. The molecule has 18 heavy (non-hydrogen) atoms. The molecule has 0 amide bonds. The molecule has 6 heteroatoms. The van der Waals surface area contributed by atoms with Crippen LogP contribution in [0.5, 0.6) is 0 Å². The number of hydrogen-bond acceptors (Lipinski definition) is 4. The molecule has 4 nitrogen and oxygen atoms in total. The summed E-state index contributed by atoms with van der Waals surface area (Å²) in [4.78, 5) is 0.166. The number of benzene rings is 1. The quantitative estimate of drug-likeness (QED) is 0.875. The molecule has 1 saturated heterocycles. The van der Waals surface area contributed by atoms with Crippen LogP contribution in [0.4, 0.5) is 0 Å². The van der Waals surface area contributed by atoms with Crippen molar-refractivity contribution in [2.45, 2.75) is 30.3 Å². The highest BCUT2D eigenvalue weighted by atomic mass is 32.2. The van der Waals surface area contributed by atoms with Gasteiger partial charge < -0.3 is 5.32 Å². The Balaban J connectivity index is 1.90. The summed E-state index contributed by atoms with van der Waals surface area (Å²) in [6.45, 7) is 0.774. The summed E-state index contributed by atoms with van der Waals surface area (Å²) < 4.78 is 22.2. The maximum atomic E-state index is 11.1. The van der Waals surface area contributed by atoms with Crippen LogP contribution in [-0.4, -0.2) is 26.0 Å². The summed E-state index contributed by atoms with van der Waals surface area (Å²) in [5.74, 6) is 2.43. The average molecular weight is 286 g/mol. The van der Waals surface area contributed by atoms with Crippen LogP contribution in [-0.2, 0) is 16.6 Å². The van der Waals surface area contributed by atoms with Gasteiger partial charge in [-0.2, -0.15) is 11.8 Å². The Hall–Kier alpha value is -0.560. The van der Waals surface area contributed by atoms with E-state index in [2.05, 4.69) is 5.32 Å². The van der Waals surface area contributed by atoms with Crippen molar-refractivity contribution in [2.75, 3.05) is 11.5 Å². The van der Waals surface area contributed by atoms with Crippen LogP contribution in [0.15, 0.2) is 29.2 Å². The Kier molecular flexibility index (Phi) is 4.66. The zero-order chi connectivity index (χ0) is 13.0. The van der Waals surface area contributed by atoms with E-state index in [0.29, 0.717) is 6.04 Å². The van der Waals surface area contributed by atoms with Crippen molar-refractivity contribution in [3.05, 3.63) is 29.8 Å². The first-order valence-corrected chi connectivity index (χ1v) is 8.69. The number of rotatable bonds is 4. The Labute approximate surface area is 112 Å². The van der Waals surface area contributed by atoms with E-state index in [0.717, 1.165) is 17.9 Å². The van der Waals surface area contributed by atoms with Crippen LogP contribution in [0, 0.1) is 0 Å². The molecule has 1 unspecified atom stereocenters. The molecule has 0 bridgehead atoms. The third-order valence-electron chi connectivity index (χ3n) is 3.01. The van der Waals surface area contributed by atoms with Gasteiger partial charge in [0, 0.05) is 18.3 Å². The van der Waals surface area contributed by atoms with Crippen molar-refractivity contribution in [1.29, 1.82) is 0 Å². The maximum Gasteiger partial charge on any atom is 0.238 e. The van der Waals surface area contributed by atoms with Crippen molar-refractivity contribution >= 4 is 21.8 Å². The second-order valence-corrected chi connectivity index (χ2v) is 7.20. The third kappa shape index (κ3) is 3.98. The van der Waals surface area contributed by atoms with Gasteiger partial charge in [-0.05, 0) is 36.3 Å². The maximum absolute atomic E-state index is 11.1. The van der Waals surface area contributed by atoms with Gasteiger partial charge in [0.1, 0.15) is 0 Å². The van der Waals surface area contributed by atoms with Crippen LogP contribution in [0.25, 0.3) is 0 Å². The number of primary sulfonamides is 1. The monoisotopic (exact) mass is 286 g/mol. The molecule has 0 spiro atoms. The van der Waals surface area contributed by atoms with Gasteiger partial charge in [0.25, 0.3) is 0 Å². The Morgan fingerprint density at radius 2 is 2.06 bits per heavy atom. The molecule has 1 heterocycles. The minimum Gasteiger partial charge on any atom is -0.309 e. The summed E-state index contributed by atoms with van der Waals surface area (Å²) in [5, 5.41) is 8.55. The molecule has 3 N–H and O–H groups in total. The summed E-state index contributed by atoms with van der Waals surface area (Å²) >= 11 is 1.99. The molecule has 1 fully saturated rings. The summed E-state index contributed by atoms with van der Waals surface area (Å²) in [7, 11) is -3.58. The Bertz CT molecular complexity index is 479. The molecular weight excluding hydrogens is 268 g/mol. The van der Waals surface area contributed by atoms with E-state index < -0.39 is 10.0 Å². The van der Waals surface area contributed by atoms with Gasteiger partial charge in [0.05, 0.1) is 4.90 Å². The summed E-state index contributed by atoms with van der Waals surface area (Å²) in [6, 6.07) is 7.30. The first-order valence-electron chi connectivity index (χ1n) is 5.98. The second kappa shape index (κ2) is 6.06. The molecular formula is C12H18N2O2S2.